The fraction of sp³-hybridized carbons (Fsp3) is 0.308. The summed E-state index contributed by atoms with van der Waals surface area (Å²) in [5.41, 5.74) is 12.1. The molecule has 59 heavy (non-hydrogen) atoms. The fourth-order valence-electron chi connectivity index (χ4n) is 6.79. The molecule has 0 N–H and O–H groups in total. The molecular formula is C52H62N2O5. The minimum Gasteiger partial charge on any atom is -0.494 e. The van der Waals surface area contributed by atoms with Crippen LogP contribution in [0, 0.1) is 27.7 Å². The molecule has 0 atom stereocenters. The van der Waals surface area contributed by atoms with Crippen LogP contribution in [0.3, 0.4) is 0 Å². The lowest BCUT2D eigenvalue weighted by molar-refractivity contribution is 0.304. The summed E-state index contributed by atoms with van der Waals surface area (Å²) in [5, 5.41) is 0. The van der Waals surface area contributed by atoms with Crippen molar-refractivity contribution in [1.29, 1.82) is 0 Å². The lowest BCUT2D eigenvalue weighted by Crippen LogP contribution is -2.13. The highest BCUT2D eigenvalue weighted by atomic mass is 16.5. The second-order valence-corrected chi connectivity index (χ2v) is 14.8. The molecule has 0 heterocycles. The van der Waals surface area contributed by atoms with Crippen LogP contribution >= 0.6 is 0 Å². The summed E-state index contributed by atoms with van der Waals surface area (Å²) >= 11 is 0. The zero-order valence-electron chi connectivity index (χ0n) is 36.7. The van der Waals surface area contributed by atoms with Crippen LogP contribution in [-0.2, 0) is 6.42 Å². The fourth-order valence-corrected chi connectivity index (χ4v) is 6.79. The molecule has 0 aliphatic carbocycles. The maximum absolute atomic E-state index is 5.93. The highest BCUT2D eigenvalue weighted by Crippen LogP contribution is 2.49. The van der Waals surface area contributed by atoms with E-state index in [4.69, 9.17) is 23.7 Å². The van der Waals surface area contributed by atoms with Crippen molar-refractivity contribution in [2.45, 2.75) is 73.6 Å². The van der Waals surface area contributed by atoms with Gasteiger partial charge in [-0.05, 0) is 113 Å². The van der Waals surface area contributed by atoms with Crippen LogP contribution in [-0.4, -0.2) is 35.0 Å². The predicted molar refractivity (Wildman–Crippen MR) is 246 cm³/mol. The van der Waals surface area contributed by atoms with Gasteiger partial charge in [0.25, 0.3) is 0 Å². The van der Waals surface area contributed by atoms with E-state index in [0.717, 1.165) is 83.5 Å². The van der Waals surface area contributed by atoms with Crippen LogP contribution < -0.4 is 33.5 Å². The third-order valence-electron chi connectivity index (χ3n) is 10.2. The first-order valence-corrected chi connectivity index (χ1v) is 20.6. The summed E-state index contributed by atoms with van der Waals surface area (Å²) in [7, 11) is 6.81. The van der Waals surface area contributed by atoms with Crippen molar-refractivity contribution >= 4 is 34.1 Å². The van der Waals surface area contributed by atoms with Gasteiger partial charge in [0, 0.05) is 34.9 Å². The number of benzene rings is 6. The van der Waals surface area contributed by atoms with Gasteiger partial charge in [0.2, 0.25) is 0 Å². The Morgan fingerprint density at radius 2 is 0.712 bits per heavy atom. The molecule has 7 nitrogen and oxygen atoms in total. The number of rotatable bonds is 17. The highest BCUT2D eigenvalue weighted by Gasteiger charge is 2.24. The van der Waals surface area contributed by atoms with Gasteiger partial charge in [-0.3, -0.25) is 0 Å². The molecule has 0 unspecified atom stereocenters. The maximum atomic E-state index is 5.93. The quantitative estimate of drug-likeness (QED) is 0.0852. The normalized spacial score (nSPS) is 10.6. The van der Waals surface area contributed by atoms with E-state index in [-0.39, 0.29) is 0 Å². The summed E-state index contributed by atoms with van der Waals surface area (Å²) < 4.78 is 29.3. The highest BCUT2D eigenvalue weighted by molar-refractivity contribution is 5.86. The molecule has 0 bridgehead atoms. The third-order valence-corrected chi connectivity index (χ3v) is 10.2. The van der Waals surface area contributed by atoms with Gasteiger partial charge in [0.1, 0.15) is 40.1 Å². The first-order chi connectivity index (χ1) is 28.6. The number of methoxy groups -OCH3 is 4. The molecule has 0 aromatic heterocycles. The van der Waals surface area contributed by atoms with Crippen molar-refractivity contribution < 1.29 is 23.7 Å². The van der Waals surface area contributed by atoms with Gasteiger partial charge < -0.3 is 33.5 Å². The lowest BCUT2D eigenvalue weighted by Gasteiger charge is -2.29. The minimum absolute atomic E-state index is 0.668. The zero-order valence-corrected chi connectivity index (χ0v) is 36.7. The van der Waals surface area contributed by atoms with E-state index >= 15 is 0 Å². The minimum atomic E-state index is 0.668. The molecule has 6 rings (SSSR count). The van der Waals surface area contributed by atoms with E-state index in [1.807, 2.05) is 12.1 Å². The van der Waals surface area contributed by atoms with E-state index in [0.29, 0.717) is 18.1 Å². The molecule has 0 fully saturated rings. The molecule has 7 heteroatoms. The first-order valence-electron chi connectivity index (χ1n) is 20.6. The maximum Gasteiger partial charge on any atom is 0.150 e. The summed E-state index contributed by atoms with van der Waals surface area (Å²) in [5.74, 6) is 3.77. The number of nitrogens with zero attached hydrogens (tertiary/aromatic N) is 2. The Morgan fingerprint density at radius 3 is 1.00 bits per heavy atom. The molecule has 0 radical (unpaired) electrons. The van der Waals surface area contributed by atoms with Gasteiger partial charge in [-0.25, -0.2) is 0 Å². The Hall–Kier alpha value is -6.08. The van der Waals surface area contributed by atoms with Crippen molar-refractivity contribution in [3.05, 3.63) is 149 Å². The van der Waals surface area contributed by atoms with Crippen molar-refractivity contribution in [1.82, 2.24) is 0 Å². The average Bonchev–Trinajstić information content (AvgIpc) is 3.26. The molecule has 6 aromatic rings. The number of anilines is 6. The van der Waals surface area contributed by atoms with Crippen LogP contribution in [0.5, 0.6) is 28.7 Å². The molecule has 0 spiro atoms. The smallest absolute Gasteiger partial charge is 0.150 e. The van der Waals surface area contributed by atoms with E-state index in [1.54, 1.807) is 28.4 Å². The largest absolute Gasteiger partial charge is 0.494 e. The molecule has 0 saturated carbocycles. The van der Waals surface area contributed by atoms with Gasteiger partial charge in [-0.15, -0.1) is 0 Å². The Morgan fingerprint density at radius 1 is 0.407 bits per heavy atom. The average molecular weight is 795 g/mol. The molecule has 0 aliphatic heterocycles. The number of unbranched alkanes of at least 4 members (excludes halogenated alkanes) is 2. The number of hydrogen-bond donors (Lipinski definition) is 0. The van der Waals surface area contributed by atoms with Crippen LogP contribution in [0.15, 0.2) is 121 Å². The Bertz CT molecular complexity index is 2060. The number of aryl methyl sites for hydroxylation is 5. The van der Waals surface area contributed by atoms with Crippen LogP contribution in [0.1, 0.15) is 67.3 Å². The van der Waals surface area contributed by atoms with Gasteiger partial charge >= 0.3 is 0 Å². The Balaban J connectivity index is 0.000000224. The summed E-state index contributed by atoms with van der Waals surface area (Å²) in [6.45, 7) is 13.4. The van der Waals surface area contributed by atoms with Gasteiger partial charge in [-0.2, -0.15) is 0 Å². The van der Waals surface area contributed by atoms with Gasteiger partial charge in [-0.1, -0.05) is 97.5 Å². The SMILES string of the molecule is CCCCOc1cc(OC)c(N(c2ccc(C)cc2)c2ccc(C)cc2)c(OC)c1.CCCCc1cc(OC)c(N(c2ccc(C)cc2)c2ccc(C)cc2)c(OC)c1. The van der Waals surface area contributed by atoms with Crippen molar-refractivity contribution in [3.8, 4) is 28.7 Å². The van der Waals surface area contributed by atoms with Crippen LogP contribution in [0.25, 0.3) is 0 Å². The molecule has 0 amide bonds. The van der Waals surface area contributed by atoms with E-state index < -0.39 is 0 Å². The zero-order chi connectivity index (χ0) is 42.3. The second kappa shape index (κ2) is 21.6. The van der Waals surface area contributed by atoms with Crippen molar-refractivity contribution in [2.75, 3.05) is 44.8 Å². The molecule has 0 aliphatic rings. The first kappa shape index (κ1) is 44.0. The van der Waals surface area contributed by atoms with Crippen LogP contribution in [0.2, 0.25) is 0 Å². The predicted octanol–water partition coefficient (Wildman–Crippen LogP) is 14.1. The number of hydrogen-bond acceptors (Lipinski definition) is 7. The second-order valence-electron chi connectivity index (χ2n) is 14.8. The monoisotopic (exact) mass is 794 g/mol. The Labute approximate surface area is 353 Å². The van der Waals surface area contributed by atoms with E-state index in [2.05, 4.69) is 161 Å². The van der Waals surface area contributed by atoms with E-state index in [1.165, 1.54) is 27.8 Å². The topological polar surface area (TPSA) is 52.6 Å². The molecule has 6 aromatic carbocycles. The standard InChI is InChI=1S/C26H31NO3.C26H31NO2/c1-6-7-16-30-23-17-24(28-4)26(25(18-23)29-5)27(21-12-8-19(2)9-13-21)22-14-10-20(3)11-15-22;1-6-7-8-21-17-24(28-4)26(25(18-21)29-5)27(22-13-9-19(2)10-14-22)23-15-11-20(3)12-16-23/h8-15,17-18H,6-7,16H2,1-5H3;9-18H,6-8H2,1-5H3. The summed E-state index contributed by atoms with van der Waals surface area (Å²) in [6, 6.07) is 42.1. The van der Waals surface area contributed by atoms with Crippen molar-refractivity contribution in [3.63, 3.8) is 0 Å². The summed E-state index contributed by atoms with van der Waals surface area (Å²) in [6.07, 6.45) is 5.40. The van der Waals surface area contributed by atoms with E-state index in [9.17, 15) is 0 Å². The van der Waals surface area contributed by atoms with Gasteiger partial charge in [0.15, 0.2) is 0 Å². The van der Waals surface area contributed by atoms with Crippen molar-refractivity contribution in [2.24, 2.45) is 0 Å². The summed E-state index contributed by atoms with van der Waals surface area (Å²) in [4.78, 5) is 4.37. The van der Waals surface area contributed by atoms with Crippen LogP contribution in [0.4, 0.5) is 34.1 Å². The lowest BCUT2D eigenvalue weighted by atomic mass is 10.0. The molecular weight excluding hydrogens is 733 g/mol. The number of ether oxygens (including phenoxy) is 5. The Kier molecular flexibility index (Phi) is 16.1. The molecule has 310 valence electrons. The molecule has 0 saturated heterocycles. The third kappa shape index (κ3) is 11.3. The van der Waals surface area contributed by atoms with Gasteiger partial charge in [0.05, 0.1) is 35.0 Å².